The summed E-state index contributed by atoms with van der Waals surface area (Å²) < 4.78 is 21.8. The molecule has 0 radical (unpaired) electrons. The number of primary sulfonamides is 1. The predicted molar refractivity (Wildman–Crippen MR) is 84.7 cm³/mol. The van der Waals surface area contributed by atoms with Gasteiger partial charge in [-0.15, -0.1) is 0 Å². The van der Waals surface area contributed by atoms with Crippen LogP contribution >= 0.6 is 0 Å². The Balaban J connectivity index is 0.000000567. The van der Waals surface area contributed by atoms with Crippen LogP contribution < -0.4 is 15.8 Å². The molecule has 0 aromatic heterocycles. The summed E-state index contributed by atoms with van der Waals surface area (Å²) in [4.78, 5) is 11.3. The minimum absolute atomic E-state index is 0.00412. The van der Waals surface area contributed by atoms with E-state index in [9.17, 15) is 13.2 Å². The SMILES string of the molecule is CCCNCC.CCNC(=O)c1ccc(S(N)(=O)=O)cc1. The van der Waals surface area contributed by atoms with Gasteiger partial charge in [0.2, 0.25) is 10.0 Å². The number of hydrogen-bond donors (Lipinski definition) is 3. The van der Waals surface area contributed by atoms with Gasteiger partial charge in [-0.3, -0.25) is 4.79 Å². The number of rotatable bonds is 6. The van der Waals surface area contributed by atoms with Crippen LogP contribution in [0.3, 0.4) is 0 Å². The first-order chi connectivity index (χ1) is 9.86. The summed E-state index contributed by atoms with van der Waals surface area (Å²) in [5.41, 5.74) is 0.407. The van der Waals surface area contributed by atoms with Gasteiger partial charge in [0.05, 0.1) is 4.90 Å². The monoisotopic (exact) mass is 315 g/mol. The lowest BCUT2D eigenvalue weighted by atomic mass is 10.2. The van der Waals surface area contributed by atoms with Gasteiger partial charge in [-0.25, -0.2) is 13.6 Å². The molecular weight excluding hydrogens is 290 g/mol. The van der Waals surface area contributed by atoms with Crippen LogP contribution in [-0.4, -0.2) is 34.0 Å². The van der Waals surface area contributed by atoms with E-state index in [0.717, 1.165) is 13.1 Å². The fourth-order valence-electron chi connectivity index (χ4n) is 1.41. The summed E-state index contributed by atoms with van der Waals surface area (Å²) in [7, 11) is -3.69. The Bertz CT molecular complexity index is 509. The molecule has 21 heavy (non-hydrogen) atoms. The van der Waals surface area contributed by atoms with Crippen molar-refractivity contribution in [2.24, 2.45) is 5.14 Å². The maximum atomic E-state index is 11.3. The number of nitrogens with one attached hydrogen (secondary N) is 2. The highest BCUT2D eigenvalue weighted by Gasteiger charge is 2.09. The van der Waals surface area contributed by atoms with Crippen molar-refractivity contribution in [3.63, 3.8) is 0 Å². The van der Waals surface area contributed by atoms with Crippen LogP contribution in [0.25, 0.3) is 0 Å². The lowest BCUT2D eigenvalue weighted by Gasteiger charge is -2.02. The van der Waals surface area contributed by atoms with Crippen molar-refractivity contribution in [1.82, 2.24) is 10.6 Å². The Hall–Kier alpha value is -1.44. The van der Waals surface area contributed by atoms with E-state index in [0.29, 0.717) is 12.1 Å². The van der Waals surface area contributed by atoms with E-state index in [1.54, 1.807) is 6.92 Å². The molecule has 0 spiro atoms. The number of carbonyl (C=O) groups excluding carboxylic acids is 1. The quantitative estimate of drug-likeness (QED) is 0.684. The van der Waals surface area contributed by atoms with Crippen LogP contribution in [0, 0.1) is 0 Å². The third kappa shape index (κ3) is 8.44. The molecule has 7 heteroatoms. The topological polar surface area (TPSA) is 101 Å². The smallest absolute Gasteiger partial charge is 0.251 e. The molecule has 0 atom stereocenters. The third-order valence-electron chi connectivity index (χ3n) is 2.46. The van der Waals surface area contributed by atoms with Crippen molar-refractivity contribution in [1.29, 1.82) is 0 Å². The highest BCUT2D eigenvalue weighted by molar-refractivity contribution is 7.89. The third-order valence-corrected chi connectivity index (χ3v) is 3.39. The minimum Gasteiger partial charge on any atom is -0.352 e. The molecule has 6 nitrogen and oxygen atoms in total. The molecule has 0 aliphatic heterocycles. The molecule has 0 aliphatic rings. The second-order valence-electron chi connectivity index (χ2n) is 4.28. The Kier molecular flexibility index (Phi) is 9.60. The van der Waals surface area contributed by atoms with Crippen LogP contribution in [0.2, 0.25) is 0 Å². The molecular formula is C14H25N3O3S. The highest BCUT2D eigenvalue weighted by atomic mass is 32.2. The summed E-state index contributed by atoms with van der Waals surface area (Å²) >= 11 is 0. The maximum Gasteiger partial charge on any atom is 0.251 e. The van der Waals surface area contributed by atoms with Crippen molar-refractivity contribution >= 4 is 15.9 Å². The Morgan fingerprint density at radius 2 is 1.67 bits per heavy atom. The second-order valence-corrected chi connectivity index (χ2v) is 5.84. The molecule has 0 fully saturated rings. The van der Waals surface area contributed by atoms with Crippen molar-refractivity contribution in [3.8, 4) is 0 Å². The second kappa shape index (κ2) is 10.3. The van der Waals surface area contributed by atoms with Crippen molar-refractivity contribution in [2.45, 2.75) is 32.1 Å². The van der Waals surface area contributed by atoms with Crippen LogP contribution in [0.4, 0.5) is 0 Å². The van der Waals surface area contributed by atoms with Gasteiger partial charge < -0.3 is 10.6 Å². The largest absolute Gasteiger partial charge is 0.352 e. The summed E-state index contributed by atoms with van der Waals surface area (Å²) in [5.74, 6) is -0.238. The van der Waals surface area contributed by atoms with E-state index in [-0.39, 0.29) is 10.8 Å². The molecule has 1 aromatic carbocycles. The molecule has 4 N–H and O–H groups in total. The van der Waals surface area contributed by atoms with E-state index in [4.69, 9.17) is 5.14 Å². The Labute approximate surface area is 127 Å². The molecule has 120 valence electrons. The number of hydrogen-bond acceptors (Lipinski definition) is 4. The molecule has 0 heterocycles. The molecule has 1 amide bonds. The summed E-state index contributed by atoms with van der Waals surface area (Å²) in [5, 5.41) is 10.7. The van der Waals surface area contributed by atoms with Crippen LogP contribution in [-0.2, 0) is 10.0 Å². The first-order valence-corrected chi connectivity index (χ1v) is 8.53. The van der Waals surface area contributed by atoms with Gasteiger partial charge in [0, 0.05) is 12.1 Å². The van der Waals surface area contributed by atoms with Crippen LogP contribution in [0.15, 0.2) is 29.2 Å². The van der Waals surface area contributed by atoms with Crippen LogP contribution in [0.5, 0.6) is 0 Å². The number of carbonyl (C=O) groups is 1. The summed E-state index contributed by atoms with van der Waals surface area (Å²) in [6.07, 6.45) is 1.24. The van der Waals surface area contributed by atoms with E-state index in [1.165, 1.54) is 30.7 Å². The van der Waals surface area contributed by atoms with Gasteiger partial charge in [0.15, 0.2) is 0 Å². The normalized spacial score (nSPS) is 10.5. The lowest BCUT2D eigenvalue weighted by Crippen LogP contribution is -2.22. The Morgan fingerprint density at radius 3 is 2.00 bits per heavy atom. The van der Waals surface area contributed by atoms with E-state index in [2.05, 4.69) is 24.5 Å². The standard InChI is InChI=1S/C9H12N2O3S.C5H13N/c1-2-11-9(12)7-3-5-8(6-4-7)15(10,13)14;1-3-5-6-4-2/h3-6H,2H2,1H3,(H,11,12)(H2,10,13,14);6H,3-5H2,1-2H3. The molecule has 0 bridgehead atoms. The Morgan fingerprint density at radius 1 is 1.10 bits per heavy atom. The van der Waals surface area contributed by atoms with E-state index >= 15 is 0 Å². The first-order valence-electron chi connectivity index (χ1n) is 6.98. The van der Waals surface area contributed by atoms with Gasteiger partial charge >= 0.3 is 0 Å². The van der Waals surface area contributed by atoms with Gasteiger partial charge in [-0.1, -0.05) is 13.8 Å². The zero-order chi connectivity index (χ0) is 16.3. The fraction of sp³-hybridized carbons (Fsp3) is 0.500. The zero-order valence-electron chi connectivity index (χ0n) is 12.8. The average Bonchev–Trinajstić information content (AvgIpc) is 2.45. The van der Waals surface area contributed by atoms with Gasteiger partial charge in [-0.05, 0) is 50.7 Å². The zero-order valence-corrected chi connectivity index (χ0v) is 13.7. The van der Waals surface area contributed by atoms with Gasteiger partial charge in [0.25, 0.3) is 5.91 Å². The van der Waals surface area contributed by atoms with Gasteiger partial charge in [-0.2, -0.15) is 0 Å². The molecule has 0 unspecified atom stereocenters. The highest BCUT2D eigenvalue weighted by Crippen LogP contribution is 2.08. The minimum atomic E-state index is -3.69. The number of nitrogens with two attached hydrogens (primary N) is 1. The molecule has 1 rings (SSSR count). The van der Waals surface area contributed by atoms with E-state index < -0.39 is 10.0 Å². The summed E-state index contributed by atoms with van der Waals surface area (Å²) in [6.45, 7) is 8.88. The van der Waals surface area contributed by atoms with Crippen molar-refractivity contribution in [3.05, 3.63) is 29.8 Å². The molecule has 0 saturated heterocycles. The first kappa shape index (κ1) is 19.6. The number of amides is 1. The number of sulfonamides is 1. The number of benzene rings is 1. The molecule has 0 saturated carbocycles. The van der Waals surface area contributed by atoms with Gasteiger partial charge in [0.1, 0.15) is 0 Å². The van der Waals surface area contributed by atoms with Crippen LogP contribution in [0.1, 0.15) is 37.6 Å². The maximum absolute atomic E-state index is 11.3. The average molecular weight is 315 g/mol. The summed E-state index contributed by atoms with van der Waals surface area (Å²) in [6, 6.07) is 5.45. The lowest BCUT2D eigenvalue weighted by molar-refractivity contribution is 0.0955. The molecule has 0 aliphatic carbocycles. The predicted octanol–water partition coefficient (Wildman–Crippen LogP) is 1.09. The van der Waals surface area contributed by atoms with E-state index in [1.807, 2.05) is 0 Å². The van der Waals surface area contributed by atoms with Crippen molar-refractivity contribution < 1.29 is 13.2 Å². The molecule has 1 aromatic rings. The van der Waals surface area contributed by atoms with Crippen molar-refractivity contribution in [2.75, 3.05) is 19.6 Å². The fourth-order valence-corrected chi connectivity index (χ4v) is 1.93.